The van der Waals surface area contributed by atoms with Crippen molar-refractivity contribution in [1.29, 1.82) is 0 Å². The largest absolute Gasteiger partial charge is 0.481 e. The Morgan fingerprint density at radius 2 is 2.13 bits per heavy atom. The van der Waals surface area contributed by atoms with Crippen molar-refractivity contribution in [2.45, 2.75) is 19.3 Å². The standard InChI is InChI=1S/C11H14O4/c12-10(13)3-4-15-11(14)9-6-7-1-2-8(9)5-7/h1-2,7-9H,3-6H2,(H,12,13). The molecule has 0 spiro atoms. The van der Waals surface area contributed by atoms with Crippen LogP contribution in [-0.2, 0) is 14.3 Å². The summed E-state index contributed by atoms with van der Waals surface area (Å²) in [4.78, 5) is 21.8. The van der Waals surface area contributed by atoms with Gasteiger partial charge in [0.1, 0.15) is 6.61 Å². The summed E-state index contributed by atoms with van der Waals surface area (Å²) in [5, 5.41) is 8.39. The highest BCUT2D eigenvalue weighted by Gasteiger charge is 2.40. The normalized spacial score (nSPS) is 31.9. The van der Waals surface area contributed by atoms with Crippen LogP contribution in [0.15, 0.2) is 12.2 Å². The second-order valence-corrected chi connectivity index (χ2v) is 4.20. The minimum Gasteiger partial charge on any atom is -0.481 e. The zero-order chi connectivity index (χ0) is 10.8. The molecule has 0 aromatic rings. The average Bonchev–Trinajstić information content (AvgIpc) is 2.77. The van der Waals surface area contributed by atoms with Gasteiger partial charge >= 0.3 is 11.9 Å². The first-order valence-electron chi connectivity index (χ1n) is 5.23. The highest BCUT2D eigenvalue weighted by Crippen LogP contribution is 2.43. The van der Waals surface area contributed by atoms with Crippen LogP contribution in [0.1, 0.15) is 19.3 Å². The molecule has 1 saturated carbocycles. The molecule has 3 unspecified atom stereocenters. The van der Waals surface area contributed by atoms with Crippen LogP contribution in [0.25, 0.3) is 0 Å². The molecule has 3 atom stereocenters. The number of hydrogen-bond acceptors (Lipinski definition) is 3. The van der Waals surface area contributed by atoms with Crippen LogP contribution < -0.4 is 0 Å². The lowest BCUT2D eigenvalue weighted by Gasteiger charge is -2.16. The molecule has 2 aliphatic carbocycles. The van der Waals surface area contributed by atoms with Crippen molar-refractivity contribution in [3.8, 4) is 0 Å². The van der Waals surface area contributed by atoms with Gasteiger partial charge in [0.2, 0.25) is 0 Å². The van der Waals surface area contributed by atoms with Gasteiger partial charge < -0.3 is 9.84 Å². The first-order chi connectivity index (χ1) is 7.16. The Kier molecular flexibility index (Phi) is 2.75. The van der Waals surface area contributed by atoms with Gasteiger partial charge in [-0.15, -0.1) is 0 Å². The van der Waals surface area contributed by atoms with E-state index >= 15 is 0 Å². The lowest BCUT2D eigenvalue weighted by atomic mass is 9.94. The van der Waals surface area contributed by atoms with Gasteiger partial charge in [0, 0.05) is 0 Å². The zero-order valence-electron chi connectivity index (χ0n) is 8.39. The van der Waals surface area contributed by atoms with E-state index in [1.54, 1.807) is 0 Å². The molecule has 4 heteroatoms. The molecule has 4 nitrogen and oxygen atoms in total. The fourth-order valence-corrected chi connectivity index (χ4v) is 2.40. The van der Waals surface area contributed by atoms with E-state index in [1.807, 2.05) is 0 Å². The first-order valence-corrected chi connectivity index (χ1v) is 5.23. The summed E-state index contributed by atoms with van der Waals surface area (Å²) >= 11 is 0. The third kappa shape index (κ3) is 2.19. The Morgan fingerprint density at radius 3 is 2.67 bits per heavy atom. The predicted molar refractivity (Wildman–Crippen MR) is 52.1 cm³/mol. The van der Waals surface area contributed by atoms with Gasteiger partial charge in [0.15, 0.2) is 0 Å². The summed E-state index contributed by atoms with van der Waals surface area (Å²) < 4.78 is 4.94. The lowest BCUT2D eigenvalue weighted by Crippen LogP contribution is -2.22. The first kappa shape index (κ1) is 10.2. The molecule has 1 fully saturated rings. The molecule has 0 heterocycles. The molecule has 0 aliphatic heterocycles. The summed E-state index contributed by atoms with van der Waals surface area (Å²) in [5.74, 6) is -0.336. The van der Waals surface area contributed by atoms with Gasteiger partial charge in [-0.25, -0.2) is 0 Å². The highest BCUT2D eigenvalue weighted by molar-refractivity contribution is 5.74. The molecule has 0 saturated heterocycles. The number of esters is 1. The number of carbonyl (C=O) groups is 2. The molecule has 2 aliphatic rings. The second kappa shape index (κ2) is 4.04. The van der Waals surface area contributed by atoms with Crippen LogP contribution in [0.3, 0.4) is 0 Å². The molecule has 0 radical (unpaired) electrons. The number of ether oxygens (including phenoxy) is 1. The quantitative estimate of drug-likeness (QED) is 0.559. The third-order valence-corrected chi connectivity index (χ3v) is 3.14. The van der Waals surface area contributed by atoms with Gasteiger partial charge in [-0.05, 0) is 24.7 Å². The van der Waals surface area contributed by atoms with E-state index in [4.69, 9.17) is 9.84 Å². The second-order valence-electron chi connectivity index (χ2n) is 4.20. The van der Waals surface area contributed by atoms with Crippen LogP contribution in [0.2, 0.25) is 0 Å². The average molecular weight is 210 g/mol. The third-order valence-electron chi connectivity index (χ3n) is 3.14. The van der Waals surface area contributed by atoms with E-state index in [9.17, 15) is 9.59 Å². The Labute approximate surface area is 87.9 Å². The SMILES string of the molecule is O=C(O)CCOC(=O)C1CC2C=CC1C2. The van der Waals surface area contributed by atoms with E-state index in [2.05, 4.69) is 12.2 Å². The van der Waals surface area contributed by atoms with Crippen molar-refractivity contribution in [1.82, 2.24) is 0 Å². The smallest absolute Gasteiger partial charge is 0.309 e. The fourth-order valence-electron chi connectivity index (χ4n) is 2.40. The molecular weight excluding hydrogens is 196 g/mol. The number of fused-ring (bicyclic) bond motifs is 2. The molecule has 15 heavy (non-hydrogen) atoms. The summed E-state index contributed by atoms with van der Waals surface area (Å²) in [6.07, 6.45) is 6.05. The Morgan fingerprint density at radius 1 is 1.33 bits per heavy atom. The van der Waals surface area contributed by atoms with Gasteiger partial charge in [-0.1, -0.05) is 12.2 Å². The van der Waals surface area contributed by atoms with E-state index in [-0.39, 0.29) is 24.9 Å². The van der Waals surface area contributed by atoms with Gasteiger partial charge in [0.05, 0.1) is 12.3 Å². The minimum absolute atomic E-state index is 0.00817. The number of allylic oxidation sites excluding steroid dienone is 2. The van der Waals surface area contributed by atoms with Crippen LogP contribution >= 0.6 is 0 Å². The summed E-state index contributed by atoms with van der Waals surface area (Å²) in [5.41, 5.74) is 0. The van der Waals surface area contributed by atoms with Crippen LogP contribution in [0.4, 0.5) is 0 Å². The maximum absolute atomic E-state index is 11.6. The number of aliphatic carboxylic acids is 1. The minimum atomic E-state index is -0.935. The van der Waals surface area contributed by atoms with Crippen molar-refractivity contribution in [2.24, 2.45) is 17.8 Å². The Hall–Kier alpha value is -1.32. The summed E-state index contributed by atoms with van der Waals surface area (Å²) in [6, 6.07) is 0. The molecule has 2 rings (SSSR count). The fraction of sp³-hybridized carbons (Fsp3) is 0.636. The summed E-state index contributed by atoms with van der Waals surface area (Å²) in [6.45, 7) is -0.00817. The van der Waals surface area contributed by atoms with Gasteiger partial charge in [-0.3, -0.25) is 9.59 Å². The molecule has 82 valence electrons. The van der Waals surface area contributed by atoms with Crippen molar-refractivity contribution >= 4 is 11.9 Å². The molecule has 0 aromatic carbocycles. The van der Waals surface area contributed by atoms with Crippen molar-refractivity contribution in [2.75, 3.05) is 6.61 Å². The van der Waals surface area contributed by atoms with E-state index in [0.717, 1.165) is 12.8 Å². The number of carboxylic acid groups (broad SMARTS) is 1. The number of rotatable bonds is 4. The van der Waals surface area contributed by atoms with E-state index < -0.39 is 5.97 Å². The van der Waals surface area contributed by atoms with Gasteiger partial charge in [0.25, 0.3) is 0 Å². The van der Waals surface area contributed by atoms with Gasteiger partial charge in [-0.2, -0.15) is 0 Å². The number of carboxylic acids is 1. The number of hydrogen-bond donors (Lipinski definition) is 1. The molecule has 2 bridgehead atoms. The van der Waals surface area contributed by atoms with Crippen LogP contribution in [-0.4, -0.2) is 23.7 Å². The molecule has 1 N–H and O–H groups in total. The summed E-state index contributed by atoms with van der Waals surface area (Å²) in [7, 11) is 0. The highest BCUT2D eigenvalue weighted by atomic mass is 16.5. The predicted octanol–water partition coefficient (Wildman–Crippen LogP) is 1.22. The molecular formula is C11H14O4. The zero-order valence-corrected chi connectivity index (χ0v) is 8.39. The lowest BCUT2D eigenvalue weighted by molar-refractivity contribution is -0.151. The van der Waals surface area contributed by atoms with Crippen molar-refractivity contribution in [3.05, 3.63) is 12.2 Å². The van der Waals surface area contributed by atoms with E-state index in [0.29, 0.717) is 11.8 Å². The van der Waals surface area contributed by atoms with E-state index in [1.165, 1.54) is 0 Å². The number of carbonyl (C=O) groups excluding carboxylic acids is 1. The Balaban J connectivity index is 1.77. The maximum atomic E-state index is 11.6. The Bertz CT molecular complexity index is 308. The van der Waals surface area contributed by atoms with Crippen LogP contribution in [0.5, 0.6) is 0 Å². The molecule has 0 aromatic heterocycles. The topological polar surface area (TPSA) is 63.6 Å². The maximum Gasteiger partial charge on any atom is 0.309 e. The molecule has 0 amide bonds. The van der Waals surface area contributed by atoms with Crippen molar-refractivity contribution in [3.63, 3.8) is 0 Å². The van der Waals surface area contributed by atoms with Crippen molar-refractivity contribution < 1.29 is 19.4 Å². The van der Waals surface area contributed by atoms with Crippen LogP contribution in [0, 0.1) is 17.8 Å². The monoisotopic (exact) mass is 210 g/mol.